The number of carbonyl (C=O) groups is 1. The quantitative estimate of drug-likeness (QED) is 0.773. The molecule has 2 heteroatoms. The van der Waals surface area contributed by atoms with Gasteiger partial charge in [-0.25, -0.2) is 0 Å². The van der Waals surface area contributed by atoms with Gasteiger partial charge >= 0.3 is 0 Å². The molecule has 20 heavy (non-hydrogen) atoms. The Labute approximate surface area is 124 Å². The summed E-state index contributed by atoms with van der Waals surface area (Å²) in [5, 5.41) is 2.11. The Morgan fingerprint density at radius 1 is 1.20 bits per heavy atom. The van der Waals surface area contributed by atoms with Crippen molar-refractivity contribution in [3.8, 4) is 0 Å². The summed E-state index contributed by atoms with van der Waals surface area (Å²) in [6, 6.07) is 12.7. The van der Waals surface area contributed by atoms with Gasteiger partial charge in [-0.15, -0.1) is 11.3 Å². The molecule has 2 aromatic rings. The number of ketones is 1. The van der Waals surface area contributed by atoms with E-state index >= 15 is 0 Å². The molecule has 0 bridgehead atoms. The first-order valence-corrected chi connectivity index (χ1v) is 8.35. The predicted octanol–water partition coefficient (Wildman–Crippen LogP) is 4.76. The molecule has 0 amide bonds. The van der Waals surface area contributed by atoms with E-state index in [1.54, 1.807) is 11.3 Å². The maximum atomic E-state index is 12.5. The number of aryl methyl sites for hydroxylation is 2. The van der Waals surface area contributed by atoms with E-state index in [9.17, 15) is 4.79 Å². The molecule has 0 radical (unpaired) electrons. The highest BCUT2D eigenvalue weighted by molar-refractivity contribution is 7.09. The summed E-state index contributed by atoms with van der Waals surface area (Å²) >= 11 is 1.79. The first-order valence-electron chi connectivity index (χ1n) is 7.47. The fourth-order valence-electron chi connectivity index (χ4n) is 3.15. The lowest BCUT2D eigenvalue weighted by molar-refractivity contribution is -0.120. The molecule has 0 spiro atoms. The molecule has 1 aliphatic rings. The Kier molecular flexibility index (Phi) is 4.31. The van der Waals surface area contributed by atoms with Gasteiger partial charge in [0.05, 0.1) is 0 Å². The van der Waals surface area contributed by atoms with Crippen LogP contribution in [0.1, 0.15) is 47.6 Å². The number of benzene rings is 1. The average molecular weight is 284 g/mol. The van der Waals surface area contributed by atoms with Crippen molar-refractivity contribution in [2.45, 2.75) is 44.4 Å². The molecule has 104 valence electrons. The fraction of sp³-hybridized carbons (Fsp3) is 0.389. The molecule has 0 N–H and O–H groups in total. The zero-order chi connectivity index (χ0) is 13.8. The van der Waals surface area contributed by atoms with Crippen LogP contribution >= 0.6 is 11.3 Å². The molecule has 3 rings (SSSR count). The number of rotatable bonds is 5. The summed E-state index contributed by atoms with van der Waals surface area (Å²) in [7, 11) is 0. The van der Waals surface area contributed by atoms with Crippen molar-refractivity contribution in [1.82, 2.24) is 0 Å². The SMILES string of the molecule is O=C(CCCc1cccs1)C1CCCc2ccccc21. The maximum Gasteiger partial charge on any atom is 0.140 e. The Morgan fingerprint density at radius 3 is 2.95 bits per heavy atom. The van der Waals surface area contributed by atoms with Crippen LogP contribution in [-0.2, 0) is 17.6 Å². The van der Waals surface area contributed by atoms with Crippen molar-refractivity contribution in [2.75, 3.05) is 0 Å². The third kappa shape index (κ3) is 3.01. The highest BCUT2D eigenvalue weighted by Crippen LogP contribution is 2.33. The van der Waals surface area contributed by atoms with Crippen LogP contribution in [0.5, 0.6) is 0 Å². The number of carbonyl (C=O) groups excluding carboxylic acids is 1. The lowest BCUT2D eigenvalue weighted by Crippen LogP contribution is -2.18. The highest BCUT2D eigenvalue weighted by atomic mass is 32.1. The van der Waals surface area contributed by atoms with Gasteiger partial charge in [0.25, 0.3) is 0 Å². The number of hydrogen-bond acceptors (Lipinski definition) is 2. The molecule has 1 aromatic heterocycles. The number of fused-ring (bicyclic) bond motifs is 1. The van der Waals surface area contributed by atoms with Crippen LogP contribution in [0, 0.1) is 0 Å². The van der Waals surface area contributed by atoms with Gasteiger partial charge in [-0.1, -0.05) is 30.3 Å². The molecule has 1 nitrogen and oxygen atoms in total. The third-order valence-electron chi connectivity index (χ3n) is 4.18. The van der Waals surface area contributed by atoms with Crippen LogP contribution in [0.15, 0.2) is 41.8 Å². The van der Waals surface area contributed by atoms with Gasteiger partial charge in [0, 0.05) is 17.2 Å². The van der Waals surface area contributed by atoms with E-state index in [2.05, 4.69) is 41.8 Å². The van der Waals surface area contributed by atoms with Crippen molar-refractivity contribution in [3.63, 3.8) is 0 Å². The summed E-state index contributed by atoms with van der Waals surface area (Å²) in [6.45, 7) is 0. The van der Waals surface area contributed by atoms with Gasteiger partial charge in [-0.2, -0.15) is 0 Å². The molecule has 0 fully saturated rings. The zero-order valence-electron chi connectivity index (χ0n) is 11.7. The largest absolute Gasteiger partial charge is 0.299 e. The summed E-state index contributed by atoms with van der Waals surface area (Å²) in [5.74, 6) is 0.594. The van der Waals surface area contributed by atoms with Crippen molar-refractivity contribution in [1.29, 1.82) is 0 Å². The Morgan fingerprint density at radius 2 is 2.10 bits per heavy atom. The van der Waals surface area contributed by atoms with Crippen molar-refractivity contribution in [3.05, 3.63) is 57.8 Å². The lowest BCUT2D eigenvalue weighted by atomic mass is 9.79. The first kappa shape index (κ1) is 13.6. The molecule has 1 aromatic carbocycles. The molecule has 1 aliphatic carbocycles. The number of Topliss-reactive ketones (excluding diaryl/α,β-unsaturated/α-hetero) is 1. The first-order chi connectivity index (χ1) is 9.84. The van der Waals surface area contributed by atoms with E-state index in [-0.39, 0.29) is 5.92 Å². The summed E-state index contributed by atoms with van der Waals surface area (Å²) in [6.07, 6.45) is 6.06. The second kappa shape index (κ2) is 6.36. The van der Waals surface area contributed by atoms with E-state index in [1.165, 1.54) is 16.0 Å². The standard InChI is InChI=1S/C18H20OS/c19-18(12-4-8-15-9-5-13-20-15)17-11-3-7-14-6-1-2-10-16(14)17/h1-2,5-6,9-10,13,17H,3-4,7-8,11-12H2. The Balaban J connectivity index is 1.60. The Hall–Kier alpha value is -1.41. The summed E-state index contributed by atoms with van der Waals surface area (Å²) in [5.41, 5.74) is 2.68. The van der Waals surface area contributed by atoms with Crippen LogP contribution < -0.4 is 0 Å². The smallest absolute Gasteiger partial charge is 0.140 e. The topological polar surface area (TPSA) is 17.1 Å². The lowest BCUT2D eigenvalue weighted by Gasteiger charge is -2.24. The van der Waals surface area contributed by atoms with E-state index in [0.717, 1.165) is 38.5 Å². The molecule has 0 saturated carbocycles. The number of hydrogen-bond donors (Lipinski definition) is 0. The van der Waals surface area contributed by atoms with Crippen molar-refractivity contribution >= 4 is 17.1 Å². The van der Waals surface area contributed by atoms with E-state index < -0.39 is 0 Å². The van der Waals surface area contributed by atoms with Crippen molar-refractivity contribution < 1.29 is 4.79 Å². The normalized spacial score (nSPS) is 17.7. The molecule has 0 aliphatic heterocycles. The summed E-state index contributed by atoms with van der Waals surface area (Å²) in [4.78, 5) is 13.9. The molecule has 0 saturated heterocycles. The zero-order valence-corrected chi connectivity index (χ0v) is 12.5. The van der Waals surface area contributed by atoms with E-state index in [4.69, 9.17) is 0 Å². The molecule has 1 atom stereocenters. The van der Waals surface area contributed by atoms with Crippen LogP contribution in [0.3, 0.4) is 0 Å². The van der Waals surface area contributed by atoms with Crippen LogP contribution in [0.4, 0.5) is 0 Å². The van der Waals surface area contributed by atoms with Gasteiger partial charge < -0.3 is 0 Å². The van der Waals surface area contributed by atoms with Crippen LogP contribution in [0.25, 0.3) is 0 Å². The predicted molar refractivity (Wildman–Crippen MR) is 84.4 cm³/mol. The third-order valence-corrected chi connectivity index (χ3v) is 5.12. The highest BCUT2D eigenvalue weighted by Gasteiger charge is 2.25. The van der Waals surface area contributed by atoms with Gasteiger partial charge in [-0.05, 0) is 54.7 Å². The van der Waals surface area contributed by atoms with Crippen LogP contribution in [0.2, 0.25) is 0 Å². The summed E-state index contributed by atoms with van der Waals surface area (Å²) < 4.78 is 0. The van der Waals surface area contributed by atoms with Gasteiger partial charge in [-0.3, -0.25) is 4.79 Å². The molecule has 1 unspecified atom stereocenters. The minimum Gasteiger partial charge on any atom is -0.299 e. The van der Waals surface area contributed by atoms with Crippen molar-refractivity contribution in [2.24, 2.45) is 0 Å². The maximum absolute atomic E-state index is 12.5. The fourth-order valence-corrected chi connectivity index (χ4v) is 3.91. The van der Waals surface area contributed by atoms with Crippen LogP contribution in [-0.4, -0.2) is 5.78 Å². The second-order valence-electron chi connectivity index (χ2n) is 5.54. The minimum atomic E-state index is 0.156. The molecular weight excluding hydrogens is 264 g/mol. The van der Waals surface area contributed by atoms with E-state index in [0.29, 0.717) is 5.78 Å². The van der Waals surface area contributed by atoms with Gasteiger partial charge in [0.15, 0.2) is 0 Å². The number of thiophene rings is 1. The van der Waals surface area contributed by atoms with Gasteiger partial charge in [0.2, 0.25) is 0 Å². The van der Waals surface area contributed by atoms with Gasteiger partial charge in [0.1, 0.15) is 5.78 Å². The average Bonchev–Trinajstić information content (AvgIpc) is 3.00. The molecule has 1 heterocycles. The second-order valence-corrected chi connectivity index (χ2v) is 6.58. The monoisotopic (exact) mass is 284 g/mol. The minimum absolute atomic E-state index is 0.156. The molecular formula is C18H20OS. The Bertz CT molecular complexity index is 571. The van der Waals surface area contributed by atoms with E-state index in [1.807, 2.05) is 0 Å².